The van der Waals surface area contributed by atoms with E-state index in [1.807, 2.05) is 12.2 Å². The predicted molar refractivity (Wildman–Crippen MR) is 457 cm³/mol. The molecule has 0 N–H and O–H groups in total. The van der Waals surface area contributed by atoms with Crippen LogP contribution in [0, 0.1) is 23.7 Å². The standard InChI is InChI=1S/2C52H50N2/c1-3-5-11-38-18-24-44(25-19-38)53(46-28-29-50-48(31-46)47-14-9-10-15-49(47)54(50)43-12-7-6-8-13-43)45-26-22-42(23-27-45)52-34-39-30-40(35-52)33-51(32-39,36-52)41-20-16-37(4-2)17-21-41;1-3-5-11-38-18-24-44(25-19-38)53(46-28-29-48-47-14-9-10-15-49(47)54(50(48)31-46)43-12-7-6-8-13-43)45-26-22-42(23-27-45)52-34-39-30-40(35-52)33-51(32-39,36-52)41-20-16-37(4-2)17-21-41/h2*4,6-10,12-29,31,39-40H,2-3,5,11,30,32-36H2,1H3. The number of para-hydroxylation sites is 4. The van der Waals surface area contributed by atoms with Crippen molar-refractivity contribution in [3.8, 4) is 11.4 Å². The van der Waals surface area contributed by atoms with Gasteiger partial charge in [-0.1, -0.05) is 228 Å². The first-order valence-electron chi connectivity index (χ1n) is 40.7. The van der Waals surface area contributed by atoms with E-state index in [-0.39, 0.29) is 10.8 Å². The number of aryl methyl sites for hydroxylation is 2. The molecular formula is C104H100N4. The minimum absolute atomic E-state index is 0.251. The van der Waals surface area contributed by atoms with Gasteiger partial charge in [0.2, 0.25) is 0 Å². The monoisotopic (exact) mass is 1400 g/mol. The number of aromatic nitrogens is 2. The van der Waals surface area contributed by atoms with Crippen LogP contribution in [-0.4, -0.2) is 9.13 Å². The van der Waals surface area contributed by atoms with Crippen LogP contribution in [0.2, 0.25) is 0 Å². The summed E-state index contributed by atoms with van der Waals surface area (Å²) in [6, 6.07) is 110. The molecule has 22 rings (SSSR count). The molecule has 0 saturated heterocycles. The van der Waals surface area contributed by atoms with Crippen molar-refractivity contribution in [2.45, 2.75) is 151 Å². The highest BCUT2D eigenvalue weighted by Gasteiger charge is 2.60. The molecule has 4 nitrogen and oxygen atoms in total. The van der Waals surface area contributed by atoms with Gasteiger partial charge in [0.25, 0.3) is 0 Å². The lowest BCUT2D eigenvalue weighted by Gasteiger charge is -2.63. The molecule has 8 aliphatic rings. The Morgan fingerprint density at radius 2 is 0.630 bits per heavy atom. The number of rotatable bonds is 20. The smallest absolute Gasteiger partial charge is 0.0561 e. The quantitative estimate of drug-likeness (QED) is 0.0756. The number of fused-ring (bicyclic) bond motifs is 6. The summed E-state index contributed by atoms with van der Waals surface area (Å²) >= 11 is 0. The minimum atomic E-state index is 0.251. The Labute approximate surface area is 639 Å². The summed E-state index contributed by atoms with van der Waals surface area (Å²) < 4.78 is 4.83. The Morgan fingerprint density at radius 3 is 1.03 bits per heavy atom. The first-order valence-corrected chi connectivity index (χ1v) is 40.7. The number of nitrogens with zero attached hydrogens (tertiary/aromatic N) is 4. The number of hydrogen-bond donors (Lipinski definition) is 0. The SMILES string of the molecule is C=Cc1ccc(C23CC4CC(C2)CC(c2ccc(N(c5ccc(CCCC)cc5)c5ccc6c(c5)c5ccccc5n6-c5ccccc5)cc2)(C4)C3)cc1.C=Cc1ccc(C23CC4CC(C2)CC(c2ccc(N(c5ccc(CCCC)cc5)c5ccc6c7ccccc7n(-c7ccccc7)c6c5)cc2)(C4)C3)cc1. The molecule has 12 aromatic carbocycles. The Morgan fingerprint density at radius 1 is 0.315 bits per heavy atom. The van der Waals surface area contributed by atoms with Gasteiger partial charge in [-0.25, -0.2) is 0 Å². The fraction of sp³-hybridized carbons (Fsp3) is 0.269. The van der Waals surface area contributed by atoms with Gasteiger partial charge in [-0.3, -0.25) is 0 Å². The molecule has 108 heavy (non-hydrogen) atoms. The van der Waals surface area contributed by atoms with Gasteiger partial charge in [0.05, 0.1) is 22.1 Å². The van der Waals surface area contributed by atoms with E-state index in [9.17, 15) is 0 Å². The molecule has 14 aromatic rings. The van der Waals surface area contributed by atoms with Crippen molar-refractivity contribution < 1.29 is 0 Å². The van der Waals surface area contributed by atoms with E-state index in [0.717, 1.165) is 36.5 Å². The van der Waals surface area contributed by atoms with Crippen molar-refractivity contribution in [1.29, 1.82) is 0 Å². The average molecular weight is 1410 g/mol. The second-order valence-corrected chi connectivity index (χ2v) is 33.8. The maximum absolute atomic E-state index is 4.01. The second-order valence-electron chi connectivity index (χ2n) is 33.8. The van der Waals surface area contributed by atoms with Crippen LogP contribution in [0.3, 0.4) is 0 Å². The molecule has 2 aromatic heterocycles. The predicted octanol–water partition coefficient (Wildman–Crippen LogP) is 28.1. The third-order valence-corrected chi connectivity index (χ3v) is 27.0. The van der Waals surface area contributed by atoms with Crippen LogP contribution in [0.15, 0.2) is 304 Å². The van der Waals surface area contributed by atoms with Crippen LogP contribution in [0.5, 0.6) is 0 Å². The summed E-state index contributed by atoms with van der Waals surface area (Å²) in [6.07, 6.45) is 27.1. The number of unbranched alkanes of at least 4 members (excludes halogenated alkanes) is 2. The highest BCUT2D eigenvalue weighted by Crippen LogP contribution is 2.68. The highest BCUT2D eigenvalue weighted by molar-refractivity contribution is 6.12. The van der Waals surface area contributed by atoms with Crippen molar-refractivity contribution in [2.24, 2.45) is 23.7 Å². The number of benzene rings is 12. The topological polar surface area (TPSA) is 16.3 Å². The lowest BCUT2D eigenvalue weighted by atomic mass is 9.41. The van der Waals surface area contributed by atoms with Crippen LogP contribution in [0.25, 0.3) is 67.1 Å². The van der Waals surface area contributed by atoms with Gasteiger partial charge in [-0.05, 0) is 308 Å². The van der Waals surface area contributed by atoms with Crippen LogP contribution < -0.4 is 9.80 Å². The van der Waals surface area contributed by atoms with Crippen molar-refractivity contribution in [1.82, 2.24) is 9.13 Å². The molecule has 4 atom stereocenters. The Hall–Kier alpha value is -10.7. The zero-order valence-electron chi connectivity index (χ0n) is 63.1. The number of hydrogen-bond acceptors (Lipinski definition) is 2. The summed E-state index contributed by atoms with van der Waals surface area (Å²) in [7, 11) is 0. The van der Waals surface area contributed by atoms with E-state index < -0.39 is 0 Å². The molecule has 536 valence electrons. The fourth-order valence-electron chi connectivity index (χ4n) is 22.9. The maximum Gasteiger partial charge on any atom is 0.0561 e. The number of anilines is 6. The molecule has 2 heterocycles. The molecule has 4 unspecified atom stereocenters. The van der Waals surface area contributed by atoms with E-state index in [0.29, 0.717) is 10.8 Å². The van der Waals surface area contributed by atoms with Gasteiger partial charge in [-0.2, -0.15) is 0 Å². The average Bonchev–Trinajstić information content (AvgIpc) is 0.854. The van der Waals surface area contributed by atoms with Crippen molar-refractivity contribution >= 4 is 89.9 Å². The first kappa shape index (κ1) is 67.9. The molecule has 0 aliphatic heterocycles. The van der Waals surface area contributed by atoms with Crippen LogP contribution in [0.1, 0.15) is 161 Å². The summed E-state index contributed by atoms with van der Waals surface area (Å²) in [4.78, 5) is 4.95. The molecule has 8 saturated carbocycles. The van der Waals surface area contributed by atoms with Crippen molar-refractivity contribution in [3.63, 3.8) is 0 Å². The van der Waals surface area contributed by atoms with Crippen LogP contribution >= 0.6 is 0 Å². The molecule has 0 spiro atoms. The van der Waals surface area contributed by atoms with E-state index in [1.54, 1.807) is 22.3 Å². The summed E-state index contributed by atoms with van der Waals surface area (Å²) in [6.45, 7) is 12.6. The summed E-state index contributed by atoms with van der Waals surface area (Å²) in [5.74, 6) is 3.27. The van der Waals surface area contributed by atoms with Crippen molar-refractivity contribution in [2.75, 3.05) is 9.80 Å². The molecule has 8 fully saturated rings. The Bertz CT molecular complexity index is 5570. The molecule has 4 heteroatoms. The van der Waals surface area contributed by atoms with Gasteiger partial charge in [-0.15, -0.1) is 0 Å². The van der Waals surface area contributed by atoms with Gasteiger partial charge < -0.3 is 18.9 Å². The molecule has 0 radical (unpaired) electrons. The Balaban J connectivity index is 0.000000147. The van der Waals surface area contributed by atoms with Gasteiger partial charge >= 0.3 is 0 Å². The third-order valence-electron chi connectivity index (χ3n) is 27.0. The van der Waals surface area contributed by atoms with Crippen LogP contribution in [-0.2, 0) is 34.5 Å². The summed E-state index contributed by atoms with van der Waals surface area (Å²) in [5.41, 5.74) is 27.0. The van der Waals surface area contributed by atoms with E-state index >= 15 is 0 Å². The maximum atomic E-state index is 4.01. The van der Waals surface area contributed by atoms with Gasteiger partial charge in [0.1, 0.15) is 0 Å². The Kier molecular flexibility index (Phi) is 17.5. The largest absolute Gasteiger partial charge is 0.310 e. The fourth-order valence-corrected chi connectivity index (χ4v) is 22.9. The molecular weight excluding hydrogens is 1310 g/mol. The lowest BCUT2D eigenvalue weighted by Crippen LogP contribution is -2.55. The molecule has 8 bridgehead atoms. The zero-order chi connectivity index (χ0) is 72.6. The highest BCUT2D eigenvalue weighted by atomic mass is 15.2. The molecule has 0 amide bonds. The van der Waals surface area contributed by atoms with Crippen molar-refractivity contribution in [3.05, 3.63) is 349 Å². The lowest BCUT2D eigenvalue weighted by molar-refractivity contribution is -0.0282. The third kappa shape index (κ3) is 12.0. The van der Waals surface area contributed by atoms with E-state index in [4.69, 9.17) is 0 Å². The zero-order valence-corrected chi connectivity index (χ0v) is 63.1. The van der Waals surface area contributed by atoms with E-state index in [2.05, 4.69) is 337 Å². The summed E-state index contributed by atoms with van der Waals surface area (Å²) in [5, 5.41) is 5.11. The van der Waals surface area contributed by atoms with E-state index in [1.165, 1.54) is 214 Å². The van der Waals surface area contributed by atoms with Gasteiger partial charge in [0.15, 0.2) is 0 Å². The minimum Gasteiger partial charge on any atom is -0.310 e. The molecule has 8 aliphatic carbocycles. The van der Waals surface area contributed by atoms with Gasteiger partial charge in [0, 0.05) is 67.0 Å². The van der Waals surface area contributed by atoms with Crippen LogP contribution in [0.4, 0.5) is 34.1 Å². The first-order chi connectivity index (χ1) is 53.1. The second kappa shape index (κ2) is 27.8. The normalized spacial score (nSPS) is 22.9.